The van der Waals surface area contributed by atoms with Gasteiger partial charge in [-0.15, -0.1) is 0 Å². The minimum Gasteiger partial charge on any atom is -0.365 e. The van der Waals surface area contributed by atoms with Crippen molar-refractivity contribution in [3.8, 4) is 0 Å². The number of rotatable bonds is 5. The molecule has 100 valence electrons. The first-order valence-corrected chi connectivity index (χ1v) is 6.21. The summed E-state index contributed by atoms with van der Waals surface area (Å²) >= 11 is 0. The molecule has 0 bridgehead atoms. The molecular weight excluding hydrogens is 226 g/mol. The SMILES string of the molecule is CC(C)N(C)C(=O)CN(C)c1cccc(CN)c1. The van der Waals surface area contributed by atoms with Crippen LogP contribution in [0.25, 0.3) is 0 Å². The summed E-state index contributed by atoms with van der Waals surface area (Å²) in [6.45, 7) is 4.91. The van der Waals surface area contributed by atoms with Crippen LogP contribution >= 0.6 is 0 Å². The summed E-state index contributed by atoms with van der Waals surface area (Å²) in [6, 6.07) is 8.18. The smallest absolute Gasteiger partial charge is 0.242 e. The normalized spacial score (nSPS) is 10.6. The van der Waals surface area contributed by atoms with Gasteiger partial charge in [0, 0.05) is 32.4 Å². The van der Waals surface area contributed by atoms with Crippen LogP contribution in [0, 0.1) is 0 Å². The molecule has 0 spiro atoms. The highest BCUT2D eigenvalue weighted by Crippen LogP contribution is 2.14. The Morgan fingerprint density at radius 2 is 2.00 bits per heavy atom. The summed E-state index contributed by atoms with van der Waals surface area (Å²) in [5.74, 6) is 0.116. The van der Waals surface area contributed by atoms with Crippen molar-refractivity contribution in [1.29, 1.82) is 0 Å². The average Bonchev–Trinajstić information content (AvgIpc) is 2.37. The van der Waals surface area contributed by atoms with Gasteiger partial charge in [-0.1, -0.05) is 12.1 Å². The summed E-state index contributed by atoms with van der Waals surface area (Å²) < 4.78 is 0. The number of nitrogens with two attached hydrogens (primary N) is 1. The molecule has 1 rings (SSSR count). The zero-order valence-electron chi connectivity index (χ0n) is 11.7. The first kappa shape index (κ1) is 14.5. The van der Waals surface area contributed by atoms with Crippen molar-refractivity contribution in [2.45, 2.75) is 26.4 Å². The Labute approximate surface area is 109 Å². The van der Waals surface area contributed by atoms with Gasteiger partial charge in [-0.2, -0.15) is 0 Å². The highest BCUT2D eigenvalue weighted by Gasteiger charge is 2.14. The number of hydrogen-bond donors (Lipinski definition) is 1. The van der Waals surface area contributed by atoms with E-state index in [2.05, 4.69) is 0 Å². The average molecular weight is 249 g/mol. The predicted molar refractivity (Wildman–Crippen MR) is 75.5 cm³/mol. The van der Waals surface area contributed by atoms with Gasteiger partial charge in [0.2, 0.25) is 5.91 Å². The molecule has 0 aliphatic rings. The van der Waals surface area contributed by atoms with Crippen LogP contribution in [0.2, 0.25) is 0 Å². The minimum atomic E-state index is 0.116. The van der Waals surface area contributed by atoms with Crippen LogP contribution in [-0.2, 0) is 11.3 Å². The highest BCUT2D eigenvalue weighted by atomic mass is 16.2. The van der Waals surface area contributed by atoms with Crippen LogP contribution in [0.4, 0.5) is 5.69 Å². The van der Waals surface area contributed by atoms with E-state index < -0.39 is 0 Å². The third-order valence-electron chi connectivity index (χ3n) is 3.13. The van der Waals surface area contributed by atoms with Crippen molar-refractivity contribution >= 4 is 11.6 Å². The Bertz CT molecular complexity index is 404. The first-order valence-electron chi connectivity index (χ1n) is 6.21. The fourth-order valence-corrected chi connectivity index (χ4v) is 1.61. The lowest BCUT2D eigenvalue weighted by molar-refractivity contribution is -0.129. The van der Waals surface area contributed by atoms with Crippen LogP contribution in [-0.4, -0.2) is 37.5 Å². The van der Waals surface area contributed by atoms with E-state index in [1.54, 1.807) is 4.90 Å². The van der Waals surface area contributed by atoms with Gasteiger partial charge in [0.1, 0.15) is 0 Å². The topological polar surface area (TPSA) is 49.6 Å². The number of carbonyl (C=O) groups excluding carboxylic acids is 1. The van der Waals surface area contributed by atoms with Gasteiger partial charge in [0.15, 0.2) is 0 Å². The van der Waals surface area contributed by atoms with Gasteiger partial charge in [-0.05, 0) is 31.5 Å². The second-order valence-electron chi connectivity index (χ2n) is 4.83. The van der Waals surface area contributed by atoms with Gasteiger partial charge in [0.05, 0.1) is 6.54 Å². The number of hydrogen-bond acceptors (Lipinski definition) is 3. The molecule has 0 saturated carbocycles. The van der Waals surface area contributed by atoms with E-state index >= 15 is 0 Å². The fraction of sp³-hybridized carbons (Fsp3) is 0.500. The first-order chi connectivity index (χ1) is 8.45. The molecule has 0 aromatic heterocycles. The van der Waals surface area contributed by atoms with Crippen LogP contribution in [0.15, 0.2) is 24.3 Å². The number of anilines is 1. The monoisotopic (exact) mass is 249 g/mol. The fourth-order valence-electron chi connectivity index (χ4n) is 1.61. The molecule has 1 aromatic rings. The van der Waals surface area contributed by atoms with E-state index in [9.17, 15) is 4.79 Å². The largest absolute Gasteiger partial charge is 0.365 e. The second-order valence-corrected chi connectivity index (χ2v) is 4.83. The van der Waals surface area contributed by atoms with Crippen LogP contribution in [0.3, 0.4) is 0 Å². The lowest BCUT2D eigenvalue weighted by Crippen LogP contribution is -2.40. The van der Waals surface area contributed by atoms with Crippen molar-refractivity contribution in [2.24, 2.45) is 5.73 Å². The molecule has 1 amide bonds. The predicted octanol–water partition coefficient (Wildman–Crippen LogP) is 1.45. The van der Waals surface area contributed by atoms with Gasteiger partial charge in [-0.25, -0.2) is 0 Å². The van der Waals surface area contributed by atoms with Gasteiger partial charge in [-0.3, -0.25) is 4.79 Å². The quantitative estimate of drug-likeness (QED) is 0.859. The van der Waals surface area contributed by atoms with Crippen molar-refractivity contribution in [3.05, 3.63) is 29.8 Å². The van der Waals surface area contributed by atoms with E-state index in [0.717, 1.165) is 11.3 Å². The van der Waals surface area contributed by atoms with Crippen LogP contribution in [0.5, 0.6) is 0 Å². The Morgan fingerprint density at radius 3 is 2.56 bits per heavy atom. The van der Waals surface area contributed by atoms with Gasteiger partial charge < -0.3 is 15.5 Å². The molecule has 4 nitrogen and oxygen atoms in total. The maximum absolute atomic E-state index is 12.0. The Morgan fingerprint density at radius 1 is 1.33 bits per heavy atom. The molecule has 18 heavy (non-hydrogen) atoms. The summed E-state index contributed by atoms with van der Waals surface area (Å²) in [5, 5.41) is 0. The molecular formula is C14H23N3O. The van der Waals surface area contributed by atoms with E-state index in [-0.39, 0.29) is 11.9 Å². The molecule has 0 aliphatic carbocycles. The van der Waals surface area contributed by atoms with E-state index in [0.29, 0.717) is 13.1 Å². The number of likely N-dealkylation sites (N-methyl/N-ethyl adjacent to an activating group) is 2. The van der Waals surface area contributed by atoms with E-state index in [1.165, 1.54) is 0 Å². The molecule has 0 unspecified atom stereocenters. The summed E-state index contributed by atoms with van der Waals surface area (Å²) in [4.78, 5) is 15.7. The number of nitrogens with zero attached hydrogens (tertiary/aromatic N) is 2. The maximum Gasteiger partial charge on any atom is 0.242 e. The summed E-state index contributed by atoms with van der Waals surface area (Å²) in [5.41, 5.74) is 7.70. The third kappa shape index (κ3) is 3.74. The molecule has 4 heteroatoms. The summed E-state index contributed by atoms with van der Waals surface area (Å²) in [6.07, 6.45) is 0. The molecule has 0 aliphatic heterocycles. The second kappa shape index (κ2) is 6.40. The zero-order chi connectivity index (χ0) is 13.7. The van der Waals surface area contributed by atoms with Crippen LogP contribution < -0.4 is 10.6 Å². The maximum atomic E-state index is 12.0. The van der Waals surface area contributed by atoms with Crippen LogP contribution in [0.1, 0.15) is 19.4 Å². The Kier molecular flexibility index (Phi) is 5.16. The van der Waals surface area contributed by atoms with E-state index in [4.69, 9.17) is 5.73 Å². The lowest BCUT2D eigenvalue weighted by Gasteiger charge is -2.26. The van der Waals surface area contributed by atoms with Gasteiger partial charge >= 0.3 is 0 Å². The Balaban J connectivity index is 2.70. The molecule has 0 fully saturated rings. The minimum absolute atomic E-state index is 0.116. The van der Waals surface area contributed by atoms with Crippen molar-refractivity contribution in [3.63, 3.8) is 0 Å². The van der Waals surface area contributed by atoms with Crippen molar-refractivity contribution < 1.29 is 4.79 Å². The molecule has 0 heterocycles. The molecule has 2 N–H and O–H groups in total. The standard InChI is InChI=1S/C14H23N3O/c1-11(2)17(4)14(18)10-16(3)13-7-5-6-12(8-13)9-15/h5-8,11H,9-10,15H2,1-4H3. The number of amides is 1. The number of carbonyl (C=O) groups is 1. The summed E-state index contributed by atoms with van der Waals surface area (Å²) in [7, 11) is 3.75. The number of benzene rings is 1. The molecule has 0 atom stereocenters. The molecule has 1 aromatic carbocycles. The van der Waals surface area contributed by atoms with Crippen molar-refractivity contribution in [1.82, 2.24) is 4.90 Å². The molecule has 0 saturated heterocycles. The lowest BCUT2D eigenvalue weighted by atomic mass is 10.2. The zero-order valence-corrected chi connectivity index (χ0v) is 11.7. The van der Waals surface area contributed by atoms with Gasteiger partial charge in [0.25, 0.3) is 0 Å². The van der Waals surface area contributed by atoms with Crippen molar-refractivity contribution in [2.75, 3.05) is 25.5 Å². The Hall–Kier alpha value is -1.55. The van der Waals surface area contributed by atoms with E-state index in [1.807, 2.05) is 57.1 Å². The highest BCUT2D eigenvalue weighted by molar-refractivity contribution is 5.81. The third-order valence-corrected chi connectivity index (χ3v) is 3.13. The molecule has 0 radical (unpaired) electrons.